The molecule has 0 bridgehead atoms. The smallest absolute Gasteiger partial charge is 0.308 e. The van der Waals surface area contributed by atoms with Crippen LogP contribution in [0.3, 0.4) is 0 Å². The van der Waals surface area contributed by atoms with Crippen molar-refractivity contribution in [2.45, 2.75) is 52.9 Å². The minimum Gasteiger partial charge on any atom is -0.466 e. The number of carbonyl (C=O) groups excluding carboxylic acids is 2. The quantitative estimate of drug-likeness (QED) is 0.339. The Morgan fingerprint density at radius 1 is 0.870 bits per heavy atom. The van der Waals surface area contributed by atoms with Crippen molar-refractivity contribution < 1.29 is 28.5 Å². The lowest BCUT2D eigenvalue weighted by molar-refractivity contribution is -0.150. The predicted octanol–water partition coefficient (Wildman–Crippen LogP) is 2.73. The van der Waals surface area contributed by atoms with E-state index < -0.39 is 0 Å². The lowest BCUT2D eigenvalue weighted by Gasteiger charge is -2.13. The second-order valence-electron chi connectivity index (χ2n) is 5.19. The second-order valence-corrected chi connectivity index (χ2v) is 5.19. The van der Waals surface area contributed by atoms with Gasteiger partial charge in [0.05, 0.1) is 45.4 Å². The fourth-order valence-corrected chi connectivity index (χ4v) is 1.97. The van der Waals surface area contributed by atoms with Crippen molar-refractivity contribution >= 4 is 11.9 Å². The molecule has 0 spiro atoms. The molecule has 0 radical (unpaired) electrons. The van der Waals surface area contributed by atoms with E-state index in [-0.39, 0.29) is 30.9 Å². The van der Waals surface area contributed by atoms with Crippen molar-refractivity contribution in [1.29, 1.82) is 0 Å². The van der Waals surface area contributed by atoms with Crippen LogP contribution in [0.1, 0.15) is 52.9 Å². The molecule has 0 aromatic carbocycles. The predicted molar refractivity (Wildman–Crippen MR) is 87.2 cm³/mol. The summed E-state index contributed by atoms with van der Waals surface area (Å²) < 4.78 is 20.5. The topological polar surface area (TPSA) is 71.1 Å². The Morgan fingerprint density at radius 3 is 2.13 bits per heavy atom. The van der Waals surface area contributed by atoms with Gasteiger partial charge in [0.1, 0.15) is 6.61 Å². The molecule has 1 unspecified atom stereocenters. The first-order valence-electron chi connectivity index (χ1n) is 8.63. The molecule has 6 nitrogen and oxygen atoms in total. The van der Waals surface area contributed by atoms with Crippen LogP contribution < -0.4 is 0 Å². The van der Waals surface area contributed by atoms with E-state index >= 15 is 0 Å². The summed E-state index contributed by atoms with van der Waals surface area (Å²) in [6, 6.07) is 0. The average Bonchev–Trinajstić information content (AvgIpc) is 2.54. The molecule has 0 aliphatic carbocycles. The summed E-state index contributed by atoms with van der Waals surface area (Å²) in [6.45, 7) is 8.04. The molecule has 0 aromatic rings. The van der Waals surface area contributed by atoms with E-state index in [1.165, 1.54) is 0 Å². The molecule has 0 heterocycles. The van der Waals surface area contributed by atoms with Gasteiger partial charge in [0, 0.05) is 0 Å². The molecule has 1 atom stereocenters. The third-order valence-corrected chi connectivity index (χ3v) is 3.33. The van der Waals surface area contributed by atoms with Crippen molar-refractivity contribution in [2.24, 2.45) is 5.92 Å². The highest BCUT2D eigenvalue weighted by Gasteiger charge is 2.16. The molecule has 0 aromatic heterocycles. The normalized spacial score (nSPS) is 12.0. The molecular weight excluding hydrogens is 300 g/mol. The number of rotatable bonds is 15. The monoisotopic (exact) mass is 332 g/mol. The average molecular weight is 332 g/mol. The molecule has 0 saturated heterocycles. The maximum Gasteiger partial charge on any atom is 0.308 e. The summed E-state index contributed by atoms with van der Waals surface area (Å²) in [5.41, 5.74) is 0. The van der Waals surface area contributed by atoms with Crippen LogP contribution >= 0.6 is 0 Å². The molecule has 136 valence electrons. The van der Waals surface area contributed by atoms with Gasteiger partial charge in [0.25, 0.3) is 0 Å². The van der Waals surface area contributed by atoms with Gasteiger partial charge in [-0.3, -0.25) is 9.59 Å². The summed E-state index contributed by atoms with van der Waals surface area (Å²) in [4.78, 5) is 22.9. The van der Waals surface area contributed by atoms with Crippen LogP contribution in [0.2, 0.25) is 0 Å². The molecule has 23 heavy (non-hydrogen) atoms. The van der Waals surface area contributed by atoms with Crippen molar-refractivity contribution in [3.8, 4) is 0 Å². The van der Waals surface area contributed by atoms with Crippen molar-refractivity contribution in [2.75, 3.05) is 39.6 Å². The van der Waals surface area contributed by atoms with E-state index in [4.69, 9.17) is 18.9 Å². The number of esters is 2. The second kappa shape index (κ2) is 15.7. The zero-order chi connectivity index (χ0) is 17.3. The van der Waals surface area contributed by atoms with Gasteiger partial charge in [-0.2, -0.15) is 0 Å². The van der Waals surface area contributed by atoms with Gasteiger partial charge in [0.15, 0.2) is 0 Å². The number of hydrogen-bond acceptors (Lipinski definition) is 6. The molecule has 0 amide bonds. The largest absolute Gasteiger partial charge is 0.466 e. The van der Waals surface area contributed by atoms with Crippen molar-refractivity contribution in [3.63, 3.8) is 0 Å². The Morgan fingerprint density at radius 2 is 1.52 bits per heavy atom. The SMILES string of the molecule is CCCCC(CC)C(=O)OCCOCCOCCC(=O)OCC. The van der Waals surface area contributed by atoms with Gasteiger partial charge < -0.3 is 18.9 Å². The molecule has 0 saturated carbocycles. The summed E-state index contributed by atoms with van der Waals surface area (Å²) in [5, 5.41) is 0. The molecule has 0 fully saturated rings. The molecule has 0 rings (SSSR count). The molecular formula is C17H32O6. The molecule has 0 aliphatic rings. The molecule has 0 aliphatic heterocycles. The van der Waals surface area contributed by atoms with Crippen molar-refractivity contribution in [3.05, 3.63) is 0 Å². The van der Waals surface area contributed by atoms with E-state index in [1.54, 1.807) is 6.92 Å². The summed E-state index contributed by atoms with van der Waals surface area (Å²) in [7, 11) is 0. The zero-order valence-corrected chi connectivity index (χ0v) is 14.8. The highest BCUT2D eigenvalue weighted by molar-refractivity contribution is 5.72. The lowest BCUT2D eigenvalue weighted by atomic mass is 10.00. The van der Waals surface area contributed by atoms with Crippen LogP contribution in [0.5, 0.6) is 0 Å². The van der Waals surface area contributed by atoms with Gasteiger partial charge >= 0.3 is 11.9 Å². The van der Waals surface area contributed by atoms with Gasteiger partial charge in [-0.05, 0) is 19.8 Å². The Kier molecular flexibility index (Phi) is 15.0. The van der Waals surface area contributed by atoms with E-state index in [9.17, 15) is 9.59 Å². The van der Waals surface area contributed by atoms with Gasteiger partial charge in [-0.25, -0.2) is 0 Å². The van der Waals surface area contributed by atoms with Crippen LogP contribution in [0, 0.1) is 5.92 Å². The van der Waals surface area contributed by atoms with Crippen LogP contribution in [-0.2, 0) is 28.5 Å². The summed E-state index contributed by atoms with van der Waals surface area (Å²) >= 11 is 0. The highest BCUT2D eigenvalue weighted by atomic mass is 16.6. The standard InChI is InChI=1S/C17H32O6/c1-4-7-8-15(5-2)17(19)23-14-13-21-12-11-20-10-9-16(18)22-6-3/h15H,4-14H2,1-3H3. The number of ether oxygens (including phenoxy) is 4. The van der Waals surface area contributed by atoms with E-state index in [0.29, 0.717) is 33.0 Å². The third kappa shape index (κ3) is 13.0. The Balaban J connectivity index is 3.44. The van der Waals surface area contributed by atoms with Gasteiger partial charge in [-0.15, -0.1) is 0 Å². The fourth-order valence-electron chi connectivity index (χ4n) is 1.97. The van der Waals surface area contributed by atoms with E-state index in [0.717, 1.165) is 25.7 Å². The van der Waals surface area contributed by atoms with Crippen LogP contribution in [0.25, 0.3) is 0 Å². The van der Waals surface area contributed by atoms with Gasteiger partial charge in [-0.1, -0.05) is 26.7 Å². The minimum absolute atomic E-state index is 0.00107. The first-order chi connectivity index (χ1) is 11.2. The maximum absolute atomic E-state index is 11.8. The maximum atomic E-state index is 11.8. The number of hydrogen-bond donors (Lipinski definition) is 0. The highest BCUT2D eigenvalue weighted by Crippen LogP contribution is 2.14. The summed E-state index contributed by atoms with van der Waals surface area (Å²) in [5.74, 6) is -0.384. The summed E-state index contributed by atoms with van der Waals surface area (Å²) in [6.07, 6.45) is 4.09. The Hall–Kier alpha value is -1.14. The molecule has 6 heteroatoms. The molecule has 0 N–H and O–H groups in total. The number of unbranched alkanes of at least 4 members (excludes halogenated alkanes) is 1. The van der Waals surface area contributed by atoms with Gasteiger partial charge in [0.2, 0.25) is 0 Å². The van der Waals surface area contributed by atoms with E-state index in [1.807, 2.05) is 6.92 Å². The third-order valence-electron chi connectivity index (χ3n) is 3.33. The lowest BCUT2D eigenvalue weighted by Crippen LogP contribution is -2.20. The first kappa shape index (κ1) is 21.9. The van der Waals surface area contributed by atoms with E-state index in [2.05, 4.69) is 6.92 Å². The Bertz CT molecular complexity index is 305. The first-order valence-corrected chi connectivity index (χ1v) is 8.63. The van der Waals surface area contributed by atoms with Crippen LogP contribution in [-0.4, -0.2) is 51.6 Å². The Labute approximate surface area is 139 Å². The fraction of sp³-hybridized carbons (Fsp3) is 0.882. The van der Waals surface area contributed by atoms with Crippen LogP contribution in [0.4, 0.5) is 0 Å². The minimum atomic E-state index is -0.256. The zero-order valence-electron chi connectivity index (χ0n) is 14.8. The number of carbonyl (C=O) groups is 2. The van der Waals surface area contributed by atoms with Crippen LogP contribution in [0.15, 0.2) is 0 Å². The van der Waals surface area contributed by atoms with Crippen molar-refractivity contribution in [1.82, 2.24) is 0 Å².